The normalized spacial score (nSPS) is 11.5. The van der Waals surface area contributed by atoms with Gasteiger partial charge in [-0.1, -0.05) is 37.7 Å². The molecule has 12 heavy (non-hydrogen) atoms. The van der Waals surface area contributed by atoms with Gasteiger partial charge < -0.3 is 4.84 Å². The van der Waals surface area contributed by atoms with Gasteiger partial charge in [0.05, 0.1) is 0 Å². The molecular weight excluding hydrogens is 150 g/mol. The lowest BCUT2D eigenvalue weighted by molar-refractivity contribution is 0.173. The molecule has 0 aromatic heterocycles. The summed E-state index contributed by atoms with van der Waals surface area (Å²) in [7, 11) is 0. The smallest absolute Gasteiger partial charge is 0.135 e. The van der Waals surface area contributed by atoms with Crippen LogP contribution in [0.3, 0.4) is 0 Å². The second-order valence-corrected chi connectivity index (χ2v) is 3.30. The molecule has 0 saturated carbocycles. The van der Waals surface area contributed by atoms with E-state index in [2.05, 4.69) is 32.2 Å². The van der Waals surface area contributed by atoms with Gasteiger partial charge in [-0.3, -0.25) is 0 Å². The van der Waals surface area contributed by atoms with Gasteiger partial charge in [0, 0.05) is 11.6 Å². The summed E-state index contributed by atoms with van der Waals surface area (Å²) in [6.07, 6.45) is 6.23. The third kappa shape index (κ3) is 5.71. The van der Waals surface area contributed by atoms with E-state index in [1.165, 1.54) is 0 Å². The number of rotatable bonds is 6. The Kier molecular flexibility index (Phi) is 5.09. The summed E-state index contributed by atoms with van der Waals surface area (Å²) in [5.41, 5.74) is 0.0307. The van der Waals surface area contributed by atoms with Crippen LogP contribution in [0.2, 0.25) is 0 Å². The summed E-state index contributed by atoms with van der Waals surface area (Å²) >= 11 is 0. The average molecular weight is 167 g/mol. The first-order valence-electron chi connectivity index (χ1n) is 4.00. The average Bonchev–Trinajstić information content (AvgIpc) is 1.98. The highest BCUT2D eigenvalue weighted by Crippen LogP contribution is 2.17. The van der Waals surface area contributed by atoms with Gasteiger partial charge in [0.2, 0.25) is 0 Å². The van der Waals surface area contributed by atoms with Crippen molar-refractivity contribution < 1.29 is 4.84 Å². The molecular formula is C10H17NO. The molecule has 0 atom stereocenters. The number of nitrogens with zero attached hydrogens (tertiary/aromatic N) is 1. The fourth-order valence-corrected chi connectivity index (χ4v) is 0.700. The molecule has 68 valence electrons. The van der Waals surface area contributed by atoms with Crippen LogP contribution in [0, 0.1) is 5.41 Å². The van der Waals surface area contributed by atoms with Gasteiger partial charge in [-0.2, -0.15) is 0 Å². The van der Waals surface area contributed by atoms with Crippen LogP contribution in [0.5, 0.6) is 0 Å². The van der Waals surface area contributed by atoms with E-state index in [9.17, 15) is 0 Å². The van der Waals surface area contributed by atoms with Crippen molar-refractivity contribution in [2.24, 2.45) is 10.6 Å². The van der Waals surface area contributed by atoms with E-state index in [0.717, 1.165) is 6.42 Å². The minimum atomic E-state index is 0.0307. The molecule has 0 bridgehead atoms. The molecule has 0 saturated heterocycles. The minimum absolute atomic E-state index is 0.0307. The largest absolute Gasteiger partial charge is 0.392 e. The summed E-state index contributed by atoms with van der Waals surface area (Å²) in [5, 5.41) is 3.81. The highest BCUT2D eigenvalue weighted by atomic mass is 16.6. The Morgan fingerprint density at radius 1 is 1.33 bits per heavy atom. The van der Waals surface area contributed by atoms with Gasteiger partial charge in [-0.05, 0) is 6.42 Å². The second kappa shape index (κ2) is 5.58. The minimum Gasteiger partial charge on any atom is -0.392 e. The Morgan fingerprint density at radius 3 is 2.50 bits per heavy atom. The van der Waals surface area contributed by atoms with Gasteiger partial charge in [0.1, 0.15) is 6.61 Å². The van der Waals surface area contributed by atoms with Crippen molar-refractivity contribution in [1.29, 1.82) is 0 Å². The molecule has 0 amide bonds. The summed E-state index contributed by atoms with van der Waals surface area (Å²) in [6, 6.07) is 0. The van der Waals surface area contributed by atoms with Crippen molar-refractivity contribution in [3.63, 3.8) is 0 Å². The molecule has 0 aliphatic carbocycles. The van der Waals surface area contributed by atoms with E-state index in [1.54, 1.807) is 12.3 Å². The Labute approximate surface area is 74.6 Å². The number of oxime groups is 1. The lowest BCUT2D eigenvalue weighted by atomic mass is 9.91. The monoisotopic (exact) mass is 167 g/mol. The molecule has 0 aromatic rings. The maximum Gasteiger partial charge on any atom is 0.135 e. The van der Waals surface area contributed by atoms with E-state index in [4.69, 9.17) is 4.84 Å². The van der Waals surface area contributed by atoms with Gasteiger partial charge in [-0.15, -0.1) is 6.58 Å². The van der Waals surface area contributed by atoms with Crippen LogP contribution >= 0.6 is 0 Å². The summed E-state index contributed by atoms with van der Waals surface area (Å²) < 4.78 is 0. The molecule has 0 spiro atoms. The zero-order valence-corrected chi connectivity index (χ0v) is 7.92. The van der Waals surface area contributed by atoms with Crippen LogP contribution < -0.4 is 0 Å². The number of allylic oxidation sites excluding steroid dienone is 1. The predicted octanol–water partition coefficient (Wildman–Crippen LogP) is 2.78. The maximum atomic E-state index is 4.88. The maximum absolute atomic E-state index is 4.88. The first-order valence-corrected chi connectivity index (χ1v) is 4.00. The molecule has 0 N–H and O–H groups in total. The van der Waals surface area contributed by atoms with Crippen molar-refractivity contribution in [2.75, 3.05) is 6.61 Å². The molecule has 0 rings (SSSR count). The van der Waals surface area contributed by atoms with E-state index in [0.29, 0.717) is 6.61 Å². The number of hydrogen-bond acceptors (Lipinski definition) is 2. The third-order valence-electron chi connectivity index (χ3n) is 1.34. The lowest BCUT2D eigenvalue weighted by Crippen LogP contribution is -2.11. The van der Waals surface area contributed by atoms with Crippen molar-refractivity contribution in [1.82, 2.24) is 0 Å². The molecule has 0 aliphatic rings. The zero-order valence-electron chi connectivity index (χ0n) is 7.92. The highest BCUT2D eigenvalue weighted by Gasteiger charge is 2.12. The summed E-state index contributed by atoms with van der Waals surface area (Å²) in [5.74, 6) is 0. The van der Waals surface area contributed by atoms with Crippen LogP contribution in [-0.4, -0.2) is 12.8 Å². The fraction of sp³-hybridized carbons (Fsp3) is 0.500. The Morgan fingerprint density at radius 2 is 2.00 bits per heavy atom. The summed E-state index contributed by atoms with van der Waals surface area (Å²) in [6.45, 7) is 11.8. The predicted molar refractivity (Wildman–Crippen MR) is 53.2 cm³/mol. The first kappa shape index (κ1) is 11.0. The van der Waals surface area contributed by atoms with Crippen molar-refractivity contribution in [2.45, 2.75) is 20.3 Å². The van der Waals surface area contributed by atoms with Gasteiger partial charge in [0.15, 0.2) is 0 Å². The topological polar surface area (TPSA) is 21.6 Å². The van der Waals surface area contributed by atoms with E-state index in [1.807, 2.05) is 6.08 Å². The van der Waals surface area contributed by atoms with Crippen LogP contribution in [0.1, 0.15) is 20.3 Å². The zero-order chi connectivity index (χ0) is 9.45. The van der Waals surface area contributed by atoms with Crippen molar-refractivity contribution in [3.8, 4) is 0 Å². The molecule has 0 aliphatic heterocycles. The van der Waals surface area contributed by atoms with Crippen LogP contribution in [0.4, 0.5) is 0 Å². The standard InChI is InChI=1S/C10H17NO/c1-5-7-10(3,4)9-11-12-8-6-2/h5-6,9H,1-2,7-8H2,3-4H3/b11-9+. The molecule has 0 radical (unpaired) electrons. The van der Waals surface area contributed by atoms with E-state index < -0.39 is 0 Å². The SMILES string of the molecule is C=CCO/N=C/C(C)(C)CC=C. The van der Waals surface area contributed by atoms with Crippen molar-refractivity contribution in [3.05, 3.63) is 25.3 Å². The number of hydrogen-bond donors (Lipinski definition) is 0. The molecule has 2 heteroatoms. The Hall–Kier alpha value is -1.05. The molecule has 2 nitrogen and oxygen atoms in total. The van der Waals surface area contributed by atoms with Gasteiger partial charge in [0.25, 0.3) is 0 Å². The Balaban J connectivity index is 3.77. The highest BCUT2D eigenvalue weighted by molar-refractivity contribution is 5.64. The third-order valence-corrected chi connectivity index (χ3v) is 1.34. The van der Waals surface area contributed by atoms with E-state index in [-0.39, 0.29) is 5.41 Å². The molecule has 0 heterocycles. The quantitative estimate of drug-likeness (QED) is 0.258. The van der Waals surface area contributed by atoms with E-state index >= 15 is 0 Å². The van der Waals surface area contributed by atoms with Gasteiger partial charge in [-0.25, -0.2) is 0 Å². The van der Waals surface area contributed by atoms with Crippen LogP contribution in [0.25, 0.3) is 0 Å². The molecule has 0 fully saturated rings. The molecule has 0 unspecified atom stereocenters. The fourth-order valence-electron chi connectivity index (χ4n) is 0.700. The second-order valence-electron chi connectivity index (χ2n) is 3.30. The summed E-state index contributed by atoms with van der Waals surface area (Å²) in [4.78, 5) is 4.88. The van der Waals surface area contributed by atoms with Gasteiger partial charge >= 0.3 is 0 Å². The van der Waals surface area contributed by atoms with Crippen LogP contribution in [0.15, 0.2) is 30.5 Å². The lowest BCUT2D eigenvalue weighted by Gasteiger charge is -2.15. The Bertz CT molecular complexity index is 171. The first-order chi connectivity index (χ1) is 5.62. The molecule has 0 aromatic carbocycles. The van der Waals surface area contributed by atoms with Crippen molar-refractivity contribution >= 4 is 6.21 Å². The van der Waals surface area contributed by atoms with Crippen LogP contribution in [-0.2, 0) is 4.84 Å².